The molecule has 0 N–H and O–H groups in total. The van der Waals surface area contributed by atoms with Gasteiger partial charge >= 0.3 is 12.1 Å². The van der Waals surface area contributed by atoms with Gasteiger partial charge in [-0.25, -0.2) is 14.5 Å². The van der Waals surface area contributed by atoms with Crippen molar-refractivity contribution in [2.24, 2.45) is 5.92 Å². The molecular weight excluding hydrogens is 388 g/mol. The molecule has 7 heteroatoms. The second-order valence-corrected chi connectivity index (χ2v) is 7.27. The molecule has 0 aliphatic rings. The highest BCUT2D eigenvalue weighted by Gasteiger charge is 2.12. The van der Waals surface area contributed by atoms with Gasteiger partial charge < -0.3 is 9.47 Å². The third kappa shape index (κ3) is 11.8. The van der Waals surface area contributed by atoms with E-state index in [9.17, 15) is 9.59 Å². The predicted molar refractivity (Wildman–Crippen MR) is 113 cm³/mol. The van der Waals surface area contributed by atoms with Crippen LogP contribution in [0.1, 0.15) is 81.6 Å². The molecule has 0 spiro atoms. The van der Waals surface area contributed by atoms with Crippen LogP contribution in [0.3, 0.4) is 0 Å². The van der Waals surface area contributed by atoms with E-state index < -0.39 is 12.1 Å². The number of carbonyl (C=O) groups is 2. The van der Waals surface area contributed by atoms with Gasteiger partial charge in [-0.3, -0.25) is 4.89 Å². The second-order valence-electron chi connectivity index (χ2n) is 7.27. The lowest BCUT2D eigenvalue weighted by molar-refractivity contribution is -0.452. The molecule has 0 saturated heterocycles. The lowest BCUT2D eigenvalue weighted by Gasteiger charge is -2.14. The Hall–Kier alpha value is -2.12. The SMILES string of the molecule is CCCCCc1ccc(C(=O)OOOC(=O)OCCOCC(CC)CCCC)cc1. The molecular formula is C23H36O7. The molecule has 1 atom stereocenters. The van der Waals surface area contributed by atoms with Gasteiger partial charge in [-0.05, 0) is 42.9 Å². The van der Waals surface area contributed by atoms with E-state index in [1.54, 1.807) is 12.1 Å². The summed E-state index contributed by atoms with van der Waals surface area (Å²) < 4.78 is 10.3. The van der Waals surface area contributed by atoms with Crippen LogP contribution in [0.25, 0.3) is 0 Å². The van der Waals surface area contributed by atoms with Gasteiger partial charge in [0.25, 0.3) is 0 Å². The lowest BCUT2D eigenvalue weighted by Crippen LogP contribution is -2.16. The van der Waals surface area contributed by atoms with Crippen molar-refractivity contribution in [3.63, 3.8) is 0 Å². The van der Waals surface area contributed by atoms with Gasteiger partial charge in [0.2, 0.25) is 0 Å². The van der Waals surface area contributed by atoms with E-state index in [1.807, 2.05) is 12.1 Å². The molecule has 30 heavy (non-hydrogen) atoms. The van der Waals surface area contributed by atoms with Gasteiger partial charge in [-0.15, -0.1) is 0 Å². The van der Waals surface area contributed by atoms with Crippen LogP contribution in [0.15, 0.2) is 24.3 Å². The maximum Gasteiger partial charge on any atom is 0.543 e. The average molecular weight is 425 g/mol. The summed E-state index contributed by atoms with van der Waals surface area (Å²) in [5, 5.41) is 4.21. The molecule has 1 rings (SSSR count). The average Bonchev–Trinajstić information content (AvgIpc) is 2.76. The van der Waals surface area contributed by atoms with Gasteiger partial charge in [-0.1, -0.05) is 65.0 Å². The van der Waals surface area contributed by atoms with Crippen molar-refractivity contribution in [3.05, 3.63) is 35.4 Å². The van der Waals surface area contributed by atoms with Crippen LogP contribution >= 0.6 is 0 Å². The topological polar surface area (TPSA) is 80.3 Å². The fraction of sp³-hybridized carbons (Fsp3) is 0.652. The molecule has 1 aromatic carbocycles. The van der Waals surface area contributed by atoms with Crippen molar-refractivity contribution in [1.29, 1.82) is 0 Å². The first-order valence-electron chi connectivity index (χ1n) is 11.0. The highest BCUT2D eigenvalue weighted by Crippen LogP contribution is 2.13. The van der Waals surface area contributed by atoms with Crippen LogP contribution in [-0.4, -0.2) is 31.9 Å². The van der Waals surface area contributed by atoms with Gasteiger partial charge in [0.1, 0.15) is 6.61 Å². The predicted octanol–water partition coefficient (Wildman–Crippen LogP) is 5.81. The molecule has 0 heterocycles. The molecule has 0 saturated carbocycles. The van der Waals surface area contributed by atoms with Crippen molar-refractivity contribution in [3.8, 4) is 0 Å². The molecule has 0 aromatic heterocycles. The minimum absolute atomic E-state index is 0.0276. The summed E-state index contributed by atoms with van der Waals surface area (Å²) in [5.41, 5.74) is 1.45. The number of hydrogen-bond donors (Lipinski definition) is 0. The molecule has 1 aromatic rings. The highest BCUT2D eigenvalue weighted by molar-refractivity contribution is 5.88. The maximum atomic E-state index is 11.9. The van der Waals surface area contributed by atoms with Gasteiger partial charge in [0.15, 0.2) is 0 Å². The van der Waals surface area contributed by atoms with Crippen LogP contribution < -0.4 is 0 Å². The number of aryl methyl sites for hydroxylation is 1. The largest absolute Gasteiger partial charge is 0.543 e. The molecule has 0 radical (unpaired) electrons. The summed E-state index contributed by atoms with van der Waals surface area (Å²) in [6.45, 7) is 7.39. The third-order valence-electron chi connectivity index (χ3n) is 4.81. The van der Waals surface area contributed by atoms with Crippen LogP contribution in [0.4, 0.5) is 4.79 Å². The summed E-state index contributed by atoms with van der Waals surface area (Å²) in [5.74, 6) is -0.242. The van der Waals surface area contributed by atoms with E-state index in [0.717, 1.165) is 37.7 Å². The molecule has 170 valence electrons. The van der Waals surface area contributed by atoms with Gasteiger partial charge in [0.05, 0.1) is 17.2 Å². The Labute approximate surface area is 179 Å². The summed E-state index contributed by atoms with van der Waals surface area (Å²) >= 11 is 0. The standard InChI is InChI=1S/C23H36O7/c1-4-7-9-11-20-12-14-21(15-13-20)22(24)28-30-29-23(25)27-17-16-26-18-19(6-3)10-8-5-2/h12-15,19H,4-11,16-18H2,1-3H3. The van der Waals surface area contributed by atoms with Crippen LogP contribution in [0.2, 0.25) is 0 Å². The zero-order valence-corrected chi connectivity index (χ0v) is 18.5. The van der Waals surface area contributed by atoms with Crippen LogP contribution in [-0.2, 0) is 30.7 Å². The van der Waals surface area contributed by atoms with Gasteiger partial charge in [0, 0.05) is 6.61 Å². The quantitative estimate of drug-likeness (QED) is 0.143. The van der Waals surface area contributed by atoms with Crippen molar-refractivity contribution in [2.75, 3.05) is 19.8 Å². The molecule has 0 fully saturated rings. The molecule has 0 bridgehead atoms. The van der Waals surface area contributed by atoms with Crippen LogP contribution in [0, 0.1) is 5.92 Å². The Morgan fingerprint density at radius 1 is 0.900 bits per heavy atom. The first-order valence-corrected chi connectivity index (χ1v) is 11.0. The molecule has 0 aliphatic carbocycles. The van der Waals surface area contributed by atoms with Crippen molar-refractivity contribution >= 4 is 12.1 Å². The van der Waals surface area contributed by atoms with E-state index in [-0.39, 0.29) is 13.2 Å². The summed E-state index contributed by atoms with van der Waals surface area (Å²) in [4.78, 5) is 32.0. The Balaban J connectivity index is 2.13. The normalized spacial score (nSPS) is 11.7. The van der Waals surface area contributed by atoms with E-state index in [4.69, 9.17) is 9.47 Å². The maximum absolute atomic E-state index is 11.9. The Bertz CT molecular complexity index is 586. The van der Waals surface area contributed by atoms with Crippen molar-refractivity contribution in [1.82, 2.24) is 0 Å². The number of hydrogen-bond acceptors (Lipinski definition) is 7. The van der Waals surface area contributed by atoms with Crippen LogP contribution in [0.5, 0.6) is 0 Å². The molecule has 0 aliphatic heterocycles. The van der Waals surface area contributed by atoms with Crippen molar-refractivity contribution in [2.45, 2.75) is 72.1 Å². The van der Waals surface area contributed by atoms with E-state index >= 15 is 0 Å². The van der Waals surface area contributed by atoms with E-state index in [2.05, 4.69) is 35.6 Å². The number of carbonyl (C=O) groups excluding carboxylic acids is 2. The number of unbranched alkanes of at least 4 members (excludes halogenated alkanes) is 3. The van der Waals surface area contributed by atoms with E-state index in [0.29, 0.717) is 18.1 Å². The van der Waals surface area contributed by atoms with Gasteiger partial charge in [-0.2, -0.15) is 0 Å². The summed E-state index contributed by atoms with van der Waals surface area (Å²) in [6, 6.07) is 7.03. The number of rotatable bonds is 16. The first kappa shape index (κ1) is 25.9. The Kier molecular flexibility index (Phi) is 14.4. The fourth-order valence-electron chi connectivity index (χ4n) is 2.87. The third-order valence-corrected chi connectivity index (χ3v) is 4.81. The summed E-state index contributed by atoms with van der Waals surface area (Å²) in [6.07, 6.45) is 7.87. The van der Waals surface area contributed by atoms with E-state index in [1.165, 1.54) is 19.3 Å². The zero-order valence-electron chi connectivity index (χ0n) is 18.5. The molecule has 0 amide bonds. The Morgan fingerprint density at radius 3 is 2.30 bits per heavy atom. The second kappa shape index (κ2) is 16.7. The first-order chi connectivity index (χ1) is 14.6. The zero-order chi connectivity index (χ0) is 22.0. The summed E-state index contributed by atoms with van der Waals surface area (Å²) in [7, 11) is 0. The number of ether oxygens (including phenoxy) is 2. The molecule has 1 unspecified atom stereocenters. The fourth-order valence-corrected chi connectivity index (χ4v) is 2.87. The minimum atomic E-state index is -1.10. The number of benzene rings is 1. The van der Waals surface area contributed by atoms with Crippen molar-refractivity contribution < 1.29 is 33.9 Å². The minimum Gasteiger partial charge on any atom is -0.430 e. The molecule has 7 nitrogen and oxygen atoms in total. The highest BCUT2D eigenvalue weighted by atomic mass is 17.5. The smallest absolute Gasteiger partial charge is 0.430 e. The lowest BCUT2D eigenvalue weighted by atomic mass is 10.0. The monoisotopic (exact) mass is 424 g/mol. The Morgan fingerprint density at radius 2 is 1.63 bits per heavy atom.